The number of hydrogen-bond donors (Lipinski definition) is 2. The molecule has 72 valence electrons. The second-order valence-corrected chi connectivity index (χ2v) is 4.10. The van der Waals surface area contributed by atoms with Gasteiger partial charge in [-0.3, -0.25) is 0 Å². The van der Waals surface area contributed by atoms with Gasteiger partial charge < -0.3 is 15.2 Å². The number of ether oxygens (including phenoxy) is 1. The SMILES string of the molecule is COC1CNCC(C(C)(C)O)C1. The maximum Gasteiger partial charge on any atom is 0.0699 e. The third-order valence-electron chi connectivity index (χ3n) is 2.64. The molecule has 1 aliphatic rings. The van der Waals surface area contributed by atoms with Crippen LogP contribution in [0.25, 0.3) is 0 Å². The average molecular weight is 173 g/mol. The number of piperidine rings is 1. The summed E-state index contributed by atoms with van der Waals surface area (Å²) in [5.74, 6) is 0.302. The predicted octanol–water partition coefficient (Wildman–Crippen LogP) is 0.382. The van der Waals surface area contributed by atoms with E-state index in [0.717, 1.165) is 19.5 Å². The van der Waals surface area contributed by atoms with Crippen LogP contribution in [0.15, 0.2) is 0 Å². The molecule has 0 radical (unpaired) electrons. The minimum Gasteiger partial charge on any atom is -0.390 e. The van der Waals surface area contributed by atoms with E-state index in [2.05, 4.69) is 5.32 Å². The zero-order chi connectivity index (χ0) is 9.19. The first-order valence-corrected chi connectivity index (χ1v) is 4.50. The van der Waals surface area contributed by atoms with E-state index in [1.54, 1.807) is 7.11 Å². The summed E-state index contributed by atoms with van der Waals surface area (Å²) in [5.41, 5.74) is -0.593. The molecule has 1 saturated heterocycles. The highest BCUT2D eigenvalue weighted by molar-refractivity contribution is 4.86. The summed E-state index contributed by atoms with van der Waals surface area (Å²) in [6, 6.07) is 0. The first-order valence-electron chi connectivity index (χ1n) is 4.50. The fraction of sp³-hybridized carbons (Fsp3) is 1.00. The second kappa shape index (κ2) is 3.73. The molecule has 0 saturated carbocycles. The van der Waals surface area contributed by atoms with Crippen LogP contribution in [-0.4, -0.2) is 37.0 Å². The van der Waals surface area contributed by atoms with Crippen molar-refractivity contribution in [1.29, 1.82) is 0 Å². The molecule has 0 bridgehead atoms. The van der Waals surface area contributed by atoms with E-state index in [1.165, 1.54) is 0 Å². The molecule has 0 aromatic carbocycles. The fourth-order valence-corrected chi connectivity index (χ4v) is 1.62. The zero-order valence-corrected chi connectivity index (χ0v) is 8.13. The van der Waals surface area contributed by atoms with E-state index < -0.39 is 5.60 Å². The van der Waals surface area contributed by atoms with E-state index in [4.69, 9.17) is 4.74 Å². The lowest BCUT2D eigenvalue weighted by Crippen LogP contribution is -2.48. The molecular weight excluding hydrogens is 154 g/mol. The molecule has 2 unspecified atom stereocenters. The first kappa shape index (κ1) is 9.96. The van der Waals surface area contributed by atoms with E-state index in [9.17, 15) is 5.11 Å². The average Bonchev–Trinajstić information content (AvgIpc) is 2.03. The highest BCUT2D eigenvalue weighted by Gasteiger charge is 2.31. The smallest absolute Gasteiger partial charge is 0.0699 e. The predicted molar refractivity (Wildman–Crippen MR) is 48.1 cm³/mol. The Balaban J connectivity index is 2.46. The van der Waals surface area contributed by atoms with Crippen LogP contribution in [0, 0.1) is 5.92 Å². The van der Waals surface area contributed by atoms with E-state index in [1.807, 2.05) is 13.8 Å². The number of aliphatic hydroxyl groups is 1. The lowest BCUT2D eigenvalue weighted by atomic mass is 9.84. The summed E-state index contributed by atoms with van der Waals surface area (Å²) in [5, 5.41) is 13.0. The summed E-state index contributed by atoms with van der Waals surface area (Å²) < 4.78 is 5.24. The summed E-state index contributed by atoms with van der Waals surface area (Å²) >= 11 is 0. The van der Waals surface area contributed by atoms with Crippen LogP contribution in [0.4, 0.5) is 0 Å². The van der Waals surface area contributed by atoms with Gasteiger partial charge in [0.25, 0.3) is 0 Å². The van der Waals surface area contributed by atoms with Crippen LogP contribution in [0.5, 0.6) is 0 Å². The van der Waals surface area contributed by atoms with Crippen molar-refractivity contribution in [3.63, 3.8) is 0 Å². The van der Waals surface area contributed by atoms with Gasteiger partial charge in [0.05, 0.1) is 11.7 Å². The van der Waals surface area contributed by atoms with E-state index >= 15 is 0 Å². The Morgan fingerprint density at radius 3 is 2.58 bits per heavy atom. The van der Waals surface area contributed by atoms with Gasteiger partial charge in [0.2, 0.25) is 0 Å². The van der Waals surface area contributed by atoms with Crippen LogP contribution in [0.1, 0.15) is 20.3 Å². The number of nitrogens with one attached hydrogen (secondary N) is 1. The van der Waals surface area contributed by atoms with Crippen molar-refractivity contribution in [1.82, 2.24) is 5.32 Å². The molecule has 12 heavy (non-hydrogen) atoms. The number of hydrogen-bond acceptors (Lipinski definition) is 3. The summed E-state index contributed by atoms with van der Waals surface area (Å²) in [6.45, 7) is 5.52. The van der Waals surface area contributed by atoms with Gasteiger partial charge in [-0.25, -0.2) is 0 Å². The molecular formula is C9H19NO2. The molecule has 1 heterocycles. The maximum atomic E-state index is 9.76. The molecule has 2 atom stereocenters. The number of methoxy groups -OCH3 is 1. The largest absolute Gasteiger partial charge is 0.390 e. The molecule has 0 aromatic rings. The van der Waals surface area contributed by atoms with Crippen molar-refractivity contribution < 1.29 is 9.84 Å². The Kier molecular flexibility index (Phi) is 3.09. The van der Waals surface area contributed by atoms with E-state index in [-0.39, 0.29) is 6.10 Å². The van der Waals surface area contributed by atoms with Crippen LogP contribution in [0.3, 0.4) is 0 Å². The quantitative estimate of drug-likeness (QED) is 0.634. The number of rotatable bonds is 2. The lowest BCUT2D eigenvalue weighted by molar-refractivity contribution is -0.0309. The molecule has 3 heteroatoms. The third-order valence-corrected chi connectivity index (χ3v) is 2.64. The Hall–Kier alpha value is -0.120. The zero-order valence-electron chi connectivity index (χ0n) is 8.13. The van der Waals surface area contributed by atoms with Gasteiger partial charge in [-0.15, -0.1) is 0 Å². The third kappa shape index (κ3) is 2.44. The minimum absolute atomic E-state index is 0.259. The summed E-state index contributed by atoms with van der Waals surface area (Å²) in [4.78, 5) is 0. The maximum absolute atomic E-state index is 9.76. The lowest BCUT2D eigenvalue weighted by Gasteiger charge is -2.36. The van der Waals surface area contributed by atoms with Gasteiger partial charge in [0.15, 0.2) is 0 Å². The highest BCUT2D eigenvalue weighted by atomic mass is 16.5. The van der Waals surface area contributed by atoms with Gasteiger partial charge in [-0.2, -0.15) is 0 Å². The Morgan fingerprint density at radius 1 is 1.42 bits per heavy atom. The van der Waals surface area contributed by atoms with Gasteiger partial charge in [-0.05, 0) is 20.3 Å². The van der Waals surface area contributed by atoms with Crippen molar-refractivity contribution in [3.8, 4) is 0 Å². The topological polar surface area (TPSA) is 41.5 Å². The molecule has 1 fully saturated rings. The molecule has 1 aliphatic heterocycles. The van der Waals surface area contributed by atoms with Gasteiger partial charge in [-0.1, -0.05) is 0 Å². The second-order valence-electron chi connectivity index (χ2n) is 4.10. The molecule has 1 rings (SSSR count). The highest BCUT2D eigenvalue weighted by Crippen LogP contribution is 2.24. The molecule has 0 amide bonds. The standard InChI is InChI=1S/C9H19NO2/c1-9(2,11)7-4-8(12-3)6-10-5-7/h7-8,10-11H,4-6H2,1-3H3. The molecule has 0 spiro atoms. The van der Waals surface area contributed by atoms with Crippen molar-refractivity contribution in [3.05, 3.63) is 0 Å². The van der Waals surface area contributed by atoms with Crippen molar-refractivity contribution in [2.75, 3.05) is 20.2 Å². The molecule has 2 N–H and O–H groups in total. The Morgan fingerprint density at radius 2 is 2.08 bits per heavy atom. The normalized spacial score (nSPS) is 32.0. The van der Waals surface area contributed by atoms with Crippen LogP contribution < -0.4 is 5.32 Å². The Bertz CT molecular complexity index is 142. The monoisotopic (exact) mass is 173 g/mol. The fourth-order valence-electron chi connectivity index (χ4n) is 1.62. The minimum atomic E-state index is -0.593. The van der Waals surface area contributed by atoms with Crippen LogP contribution in [0.2, 0.25) is 0 Å². The first-order chi connectivity index (χ1) is 5.54. The van der Waals surface area contributed by atoms with Crippen molar-refractivity contribution in [2.24, 2.45) is 5.92 Å². The molecule has 0 aromatic heterocycles. The van der Waals surface area contributed by atoms with Gasteiger partial charge in [0, 0.05) is 26.1 Å². The van der Waals surface area contributed by atoms with Crippen molar-refractivity contribution in [2.45, 2.75) is 32.0 Å². The summed E-state index contributed by atoms with van der Waals surface area (Å²) in [6.07, 6.45) is 1.21. The molecule has 3 nitrogen and oxygen atoms in total. The van der Waals surface area contributed by atoms with Crippen molar-refractivity contribution >= 4 is 0 Å². The van der Waals surface area contributed by atoms with Crippen LogP contribution >= 0.6 is 0 Å². The van der Waals surface area contributed by atoms with Crippen LogP contribution in [-0.2, 0) is 4.74 Å². The van der Waals surface area contributed by atoms with Gasteiger partial charge >= 0.3 is 0 Å². The summed E-state index contributed by atoms with van der Waals surface area (Å²) in [7, 11) is 1.72. The van der Waals surface area contributed by atoms with Gasteiger partial charge in [0.1, 0.15) is 0 Å². The van der Waals surface area contributed by atoms with E-state index in [0.29, 0.717) is 5.92 Å². The molecule has 0 aliphatic carbocycles. The Labute approximate surface area is 74.1 Å².